The Morgan fingerprint density at radius 1 is 1.00 bits per heavy atom. The van der Waals surface area contributed by atoms with E-state index in [0.29, 0.717) is 31.4 Å². The molecular formula is C25H36F3NO2. The average Bonchev–Trinajstić information content (AvgIpc) is 2.67. The number of carbonyl (C=O) groups is 1. The standard InChI is InChI=1S/C25H36F3NO2/c1-2-31-24(30)15-20-14-22(21-8-6-4-3-5-7-9-21)18-29(17-20)16-19-10-12-23(13-11-19)25(26,27)28/h10-13,20-22H,2-9,14-18H2,1H3/t20-,22+/m1/s1. The Morgan fingerprint density at radius 2 is 1.65 bits per heavy atom. The van der Waals surface area contributed by atoms with Crippen LogP contribution in [0.2, 0.25) is 0 Å². The number of rotatable bonds is 6. The van der Waals surface area contributed by atoms with Crippen LogP contribution < -0.4 is 0 Å². The largest absolute Gasteiger partial charge is 0.466 e. The van der Waals surface area contributed by atoms with Crippen molar-refractivity contribution in [3.05, 3.63) is 35.4 Å². The van der Waals surface area contributed by atoms with Crippen molar-refractivity contribution in [2.45, 2.75) is 77.4 Å². The summed E-state index contributed by atoms with van der Waals surface area (Å²) in [5.74, 6) is 1.33. The van der Waals surface area contributed by atoms with Gasteiger partial charge in [-0.2, -0.15) is 13.2 Å². The van der Waals surface area contributed by atoms with Gasteiger partial charge in [0.2, 0.25) is 0 Å². The van der Waals surface area contributed by atoms with Crippen molar-refractivity contribution in [2.75, 3.05) is 19.7 Å². The molecule has 1 aromatic carbocycles. The first-order chi connectivity index (χ1) is 14.8. The van der Waals surface area contributed by atoms with Crippen LogP contribution in [0, 0.1) is 17.8 Å². The molecule has 1 aliphatic heterocycles. The molecule has 3 rings (SSSR count). The minimum atomic E-state index is -4.31. The fourth-order valence-electron chi connectivity index (χ4n) is 5.44. The molecule has 31 heavy (non-hydrogen) atoms. The molecule has 6 heteroatoms. The molecule has 2 atom stereocenters. The zero-order chi connectivity index (χ0) is 22.3. The maximum atomic E-state index is 12.9. The van der Waals surface area contributed by atoms with Gasteiger partial charge < -0.3 is 4.74 Å². The molecular weight excluding hydrogens is 403 g/mol. The van der Waals surface area contributed by atoms with Crippen LogP contribution in [0.25, 0.3) is 0 Å². The van der Waals surface area contributed by atoms with Crippen molar-refractivity contribution in [3.8, 4) is 0 Å². The maximum Gasteiger partial charge on any atom is 0.416 e. The first kappa shape index (κ1) is 24.1. The molecule has 1 aromatic rings. The van der Waals surface area contributed by atoms with Gasteiger partial charge in [0.25, 0.3) is 0 Å². The van der Waals surface area contributed by atoms with Crippen LogP contribution in [0.5, 0.6) is 0 Å². The molecule has 0 bridgehead atoms. The predicted molar refractivity (Wildman–Crippen MR) is 115 cm³/mol. The molecule has 174 valence electrons. The number of benzene rings is 1. The number of halogens is 3. The summed E-state index contributed by atoms with van der Waals surface area (Å²) >= 11 is 0. The predicted octanol–water partition coefficient (Wildman–Crippen LogP) is 6.46. The van der Waals surface area contributed by atoms with Crippen molar-refractivity contribution >= 4 is 5.97 Å². The Bertz CT molecular complexity index is 681. The summed E-state index contributed by atoms with van der Waals surface area (Å²) in [6.07, 6.45) is 6.20. The number of nitrogens with zero attached hydrogens (tertiary/aromatic N) is 1. The molecule has 2 fully saturated rings. The van der Waals surface area contributed by atoms with Crippen LogP contribution in [-0.2, 0) is 22.3 Å². The van der Waals surface area contributed by atoms with E-state index in [1.807, 2.05) is 6.92 Å². The van der Waals surface area contributed by atoms with Gasteiger partial charge in [0.1, 0.15) is 0 Å². The highest BCUT2D eigenvalue weighted by Crippen LogP contribution is 2.37. The number of ether oxygens (including phenoxy) is 1. The van der Waals surface area contributed by atoms with Crippen molar-refractivity contribution in [1.29, 1.82) is 0 Å². The van der Waals surface area contributed by atoms with Crippen LogP contribution in [0.3, 0.4) is 0 Å². The molecule has 1 heterocycles. The zero-order valence-corrected chi connectivity index (χ0v) is 18.6. The molecule has 0 aromatic heterocycles. The second-order valence-corrected chi connectivity index (χ2v) is 9.36. The summed E-state index contributed by atoms with van der Waals surface area (Å²) in [7, 11) is 0. The minimum Gasteiger partial charge on any atom is -0.466 e. The Kier molecular flexibility index (Phi) is 8.82. The zero-order valence-electron chi connectivity index (χ0n) is 18.6. The first-order valence-electron chi connectivity index (χ1n) is 11.9. The van der Waals surface area contributed by atoms with Crippen molar-refractivity contribution in [2.24, 2.45) is 17.8 Å². The molecule has 0 spiro atoms. The monoisotopic (exact) mass is 439 g/mol. The quantitative estimate of drug-likeness (QED) is 0.477. The molecule has 0 unspecified atom stereocenters. The van der Waals surface area contributed by atoms with Crippen LogP contribution >= 0.6 is 0 Å². The molecule has 2 aliphatic rings. The molecule has 1 saturated carbocycles. The number of piperidine rings is 1. The summed E-state index contributed by atoms with van der Waals surface area (Å²) in [6, 6.07) is 5.51. The van der Waals surface area contributed by atoms with Gasteiger partial charge in [0.05, 0.1) is 12.2 Å². The van der Waals surface area contributed by atoms with E-state index in [2.05, 4.69) is 4.90 Å². The number of likely N-dealkylation sites (tertiary alicyclic amines) is 1. The Labute approximate surface area is 184 Å². The highest BCUT2D eigenvalue weighted by atomic mass is 19.4. The third-order valence-electron chi connectivity index (χ3n) is 6.91. The van der Waals surface area contributed by atoms with Gasteiger partial charge in [0.15, 0.2) is 0 Å². The summed E-state index contributed by atoms with van der Waals surface area (Å²) < 4.78 is 43.8. The molecule has 0 N–H and O–H groups in total. The smallest absolute Gasteiger partial charge is 0.416 e. The van der Waals surface area contributed by atoms with Gasteiger partial charge in [-0.05, 0) is 48.8 Å². The van der Waals surface area contributed by atoms with Gasteiger partial charge in [-0.25, -0.2) is 0 Å². The Balaban J connectivity index is 1.68. The average molecular weight is 440 g/mol. The van der Waals surface area contributed by atoms with Gasteiger partial charge in [-0.3, -0.25) is 9.69 Å². The van der Waals surface area contributed by atoms with E-state index in [-0.39, 0.29) is 11.9 Å². The fourth-order valence-corrected chi connectivity index (χ4v) is 5.44. The maximum absolute atomic E-state index is 12.9. The number of alkyl halides is 3. The van der Waals surface area contributed by atoms with Crippen LogP contribution in [-0.4, -0.2) is 30.6 Å². The van der Waals surface area contributed by atoms with E-state index in [1.165, 1.54) is 57.1 Å². The number of hydrogen-bond donors (Lipinski definition) is 0. The van der Waals surface area contributed by atoms with Crippen LogP contribution in [0.1, 0.15) is 75.8 Å². The lowest BCUT2D eigenvalue weighted by Gasteiger charge is -2.41. The lowest BCUT2D eigenvalue weighted by Crippen LogP contribution is -2.43. The van der Waals surface area contributed by atoms with Gasteiger partial charge in [-0.1, -0.05) is 57.1 Å². The van der Waals surface area contributed by atoms with E-state index in [0.717, 1.165) is 25.1 Å². The molecule has 1 aliphatic carbocycles. The van der Waals surface area contributed by atoms with Gasteiger partial charge >= 0.3 is 12.1 Å². The summed E-state index contributed by atoms with van der Waals surface area (Å²) in [5.41, 5.74) is 0.281. The third kappa shape index (κ3) is 7.51. The number of esters is 1. The molecule has 0 amide bonds. The SMILES string of the molecule is CCOC(=O)C[C@H]1C[C@H](C2CCCCCCC2)CN(Cc2ccc(C(F)(F)F)cc2)C1. The van der Waals surface area contributed by atoms with E-state index < -0.39 is 11.7 Å². The molecule has 1 saturated heterocycles. The number of carbonyl (C=O) groups excluding carboxylic acids is 1. The van der Waals surface area contributed by atoms with Crippen LogP contribution in [0.15, 0.2) is 24.3 Å². The first-order valence-corrected chi connectivity index (χ1v) is 11.9. The topological polar surface area (TPSA) is 29.5 Å². The normalized spacial score (nSPS) is 24.4. The van der Waals surface area contributed by atoms with E-state index in [1.54, 1.807) is 12.1 Å². The number of hydrogen-bond acceptors (Lipinski definition) is 3. The molecule has 3 nitrogen and oxygen atoms in total. The Morgan fingerprint density at radius 3 is 2.26 bits per heavy atom. The van der Waals surface area contributed by atoms with E-state index >= 15 is 0 Å². The van der Waals surface area contributed by atoms with Crippen molar-refractivity contribution in [1.82, 2.24) is 4.90 Å². The highest BCUT2D eigenvalue weighted by molar-refractivity contribution is 5.69. The minimum absolute atomic E-state index is 0.139. The van der Waals surface area contributed by atoms with Crippen molar-refractivity contribution < 1.29 is 22.7 Å². The van der Waals surface area contributed by atoms with Crippen molar-refractivity contribution in [3.63, 3.8) is 0 Å². The lowest BCUT2D eigenvalue weighted by atomic mass is 9.74. The summed E-state index contributed by atoms with van der Waals surface area (Å²) in [4.78, 5) is 14.5. The molecule has 0 radical (unpaired) electrons. The van der Waals surface area contributed by atoms with Crippen LogP contribution in [0.4, 0.5) is 13.2 Å². The Hall–Kier alpha value is -1.56. The third-order valence-corrected chi connectivity index (χ3v) is 6.91. The second kappa shape index (κ2) is 11.3. The second-order valence-electron chi connectivity index (χ2n) is 9.36. The van der Waals surface area contributed by atoms with Gasteiger partial charge in [-0.15, -0.1) is 0 Å². The van der Waals surface area contributed by atoms with E-state index in [9.17, 15) is 18.0 Å². The van der Waals surface area contributed by atoms with E-state index in [4.69, 9.17) is 4.74 Å². The highest BCUT2D eigenvalue weighted by Gasteiger charge is 2.34. The van der Waals surface area contributed by atoms with Gasteiger partial charge in [0, 0.05) is 26.1 Å². The fraction of sp³-hybridized carbons (Fsp3) is 0.720. The summed E-state index contributed by atoms with van der Waals surface area (Å²) in [5, 5.41) is 0. The summed E-state index contributed by atoms with van der Waals surface area (Å²) in [6.45, 7) is 4.61. The lowest BCUT2D eigenvalue weighted by molar-refractivity contribution is -0.145.